The molecule has 160 valence electrons. The topological polar surface area (TPSA) is 91.0 Å². The molecule has 2 amide bonds. The number of anilines is 1. The summed E-state index contributed by atoms with van der Waals surface area (Å²) in [6.07, 6.45) is 6.65. The molecule has 3 heterocycles. The van der Waals surface area contributed by atoms with Gasteiger partial charge in [-0.05, 0) is 55.5 Å². The first-order valence-corrected chi connectivity index (χ1v) is 11.1. The smallest absolute Gasteiger partial charge is 0.248 e. The fourth-order valence-corrected chi connectivity index (χ4v) is 5.25. The van der Waals surface area contributed by atoms with Gasteiger partial charge >= 0.3 is 0 Å². The standard InChI is InChI=1S/C23H24ClN5O2/c24-16-6-3-5-15(13-16)23(10-1-2-11-23)22(31)29-12-4-7-19(29)21(30)27-20-9-8-17-18(26-20)14-25-28-17/h3,5-6,8-9,13-14,19H,1-2,4,7,10-12H2,(H,25,28)(H,26,27,30)/t19-/m1/s1. The van der Waals surface area contributed by atoms with Gasteiger partial charge in [0.05, 0.1) is 17.1 Å². The molecule has 1 aliphatic carbocycles. The Labute approximate surface area is 185 Å². The molecule has 2 fully saturated rings. The maximum absolute atomic E-state index is 13.9. The van der Waals surface area contributed by atoms with Crippen LogP contribution in [0.3, 0.4) is 0 Å². The molecule has 1 atom stereocenters. The van der Waals surface area contributed by atoms with Crippen molar-refractivity contribution in [2.24, 2.45) is 0 Å². The number of rotatable bonds is 4. The summed E-state index contributed by atoms with van der Waals surface area (Å²) in [4.78, 5) is 33.2. The fourth-order valence-electron chi connectivity index (χ4n) is 5.06. The van der Waals surface area contributed by atoms with Crippen LogP contribution < -0.4 is 5.32 Å². The van der Waals surface area contributed by atoms with Gasteiger partial charge in [-0.1, -0.05) is 36.6 Å². The summed E-state index contributed by atoms with van der Waals surface area (Å²) in [5.41, 5.74) is 1.85. The lowest BCUT2D eigenvalue weighted by atomic mass is 9.77. The monoisotopic (exact) mass is 437 g/mol. The third-order valence-electron chi connectivity index (χ3n) is 6.61. The van der Waals surface area contributed by atoms with Crippen LogP contribution >= 0.6 is 11.6 Å². The molecule has 0 radical (unpaired) electrons. The highest BCUT2D eigenvalue weighted by Crippen LogP contribution is 2.44. The highest BCUT2D eigenvalue weighted by molar-refractivity contribution is 6.30. The predicted octanol–water partition coefficient (Wildman–Crippen LogP) is 4.05. The summed E-state index contributed by atoms with van der Waals surface area (Å²) in [6.45, 7) is 0.591. The van der Waals surface area contributed by atoms with E-state index in [1.807, 2.05) is 30.3 Å². The third-order valence-corrected chi connectivity index (χ3v) is 6.84. The van der Waals surface area contributed by atoms with E-state index in [0.717, 1.165) is 43.2 Å². The molecule has 31 heavy (non-hydrogen) atoms. The number of fused-ring (bicyclic) bond motifs is 1. The average molecular weight is 438 g/mol. The molecule has 2 N–H and O–H groups in total. The molecule has 1 aliphatic heterocycles. The van der Waals surface area contributed by atoms with Crippen LogP contribution in [0.5, 0.6) is 0 Å². The second-order valence-electron chi connectivity index (χ2n) is 8.44. The highest BCUT2D eigenvalue weighted by atomic mass is 35.5. The minimum Gasteiger partial charge on any atom is -0.330 e. The van der Waals surface area contributed by atoms with Crippen molar-refractivity contribution in [1.29, 1.82) is 0 Å². The van der Waals surface area contributed by atoms with Crippen LogP contribution in [0.15, 0.2) is 42.6 Å². The first-order chi connectivity index (χ1) is 15.1. The van der Waals surface area contributed by atoms with E-state index in [1.165, 1.54) is 0 Å². The number of likely N-dealkylation sites (tertiary alicyclic amines) is 1. The van der Waals surface area contributed by atoms with E-state index in [0.29, 0.717) is 29.3 Å². The van der Waals surface area contributed by atoms with Crippen molar-refractivity contribution in [3.63, 3.8) is 0 Å². The van der Waals surface area contributed by atoms with Gasteiger partial charge in [0, 0.05) is 11.6 Å². The lowest BCUT2D eigenvalue weighted by molar-refractivity contribution is -0.141. The first kappa shape index (κ1) is 20.0. The van der Waals surface area contributed by atoms with Gasteiger partial charge in [-0.15, -0.1) is 0 Å². The average Bonchev–Trinajstić information content (AvgIpc) is 3.53. The van der Waals surface area contributed by atoms with Crippen molar-refractivity contribution in [2.45, 2.75) is 50.0 Å². The van der Waals surface area contributed by atoms with Gasteiger partial charge in [0.25, 0.3) is 0 Å². The second kappa shape index (κ2) is 7.96. The van der Waals surface area contributed by atoms with Crippen molar-refractivity contribution < 1.29 is 9.59 Å². The molecule has 0 bridgehead atoms. The summed E-state index contributed by atoms with van der Waals surface area (Å²) >= 11 is 6.25. The minimum absolute atomic E-state index is 0.0446. The molecule has 1 saturated heterocycles. The van der Waals surface area contributed by atoms with E-state index >= 15 is 0 Å². The number of aromatic nitrogens is 3. The van der Waals surface area contributed by atoms with Crippen molar-refractivity contribution in [3.8, 4) is 0 Å². The zero-order valence-electron chi connectivity index (χ0n) is 17.1. The van der Waals surface area contributed by atoms with Crippen molar-refractivity contribution in [3.05, 3.63) is 53.2 Å². The summed E-state index contributed by atoms with van der Waals surface area (Å²) < 4.78 is 0. The lowest BCUT2D eigenvalue weighted by Gasteiger charge is -2.35. The van der Waals surface area contributed by atoms with E-state index < -0.39 is 11.5 Å². The van der Waals surface area contributed by atoms with Crippen LogP contribution in [-0.2, 0) is 15.0 Å². The van der Waals surface area contributed by atoms with Gasteiger partial charge in [-0.3, -0.25) is 14.7 Å². The van der Waals surface area contributed by atoms with Gasteiger partial charge in [0.1, 0.15) is 17.4 Å². The number of nitrogens with one attached hydrogen (secondary N) is 2. The second-order valence-corrected chi connectivity index (χ2v) is 8.88. The Hall–Kier alpha value is -2.93. The van der Waals surface area contributed by atoms with E-state index in [2.05, 4.69) is 20.5 Å². The number of amides is 2. The van der Waals surface area contributed by atoms with Crippen molar-refractivity contribution in [1.82, 2.24) is 20.1 Å². The van der Waals surface area contributed by atoms with Gasteiger partial charge in [0.2, 0.25) is 11.8 Å². The number of pyridine rings is 1. The maximum Gasteiger partial charge on any atom is 0.248 e. The summed E-state index contributed by atoms with van der Waals surface area (Å²) in [6, 6.07) is 10.7. The van der Waals surface area contributed by atoms with E-state index in [4.69, 9.17) is 11.6 Å². The van der Waals surface area contributed by atoms with Crippen LogP contribution in [0.4, 0.5) is 5.82 Å². The molecule has 1 saturated carbocycles. The fraction of sp³-hybridized carbons (Fsp3) is 0.391. The Morgan fingerprint density at radius 2 is 2.00 bits per heavy atom. The number of hydrogen-bond acceptors (Lipinski definition) is 4. The van der Waals surface area contributed by atoms with E-state index in [1.54, 1.807) is 17.2 Å². The van der Waals surface area contributed by atoms with Crippen LogP contribution in [0.1, 0.15) is 44.1 Å². The van der Waals surface area contributed by atoms with Crippen molar-refractivity contribution >= 4 is 40.3 Å². The van der Waals surface area contributed by atoms with Crippen molar-refractivity contribution in [2.75, 3.05) is 11.9 Å². The van der Waals surface area contributed by atoms with Gasteiger partial charge < -0.3 is 10.2 Å². The molecule has 8 heteroatoms. The Kier molecular flexibility index (Phi) is 5.14. The zero-order chi connectivity index (χ0) is 21.4. The number of aromatic amines is 1. The number of carbonyl (C=O) groups excluding carboxylic acids is 2. The third kappa shape index (κ3) is 3.57. The molecule has 3 aromatic rings. The van der Waals surface area contributed by atoms with Gasteiger partial charge in [-0.2, -0.15) is 5.10 Å². The molecule has 2 aromatic heterocycles. The minimum atomic E-state index is -0.596. The van der Waals surface area contributed by atoms with Gasteiger partial charge in [-0.25, -0.2) is 4.98 Å². The number of benzene rings is 1. The molecule has 7 nitrogen and oxygen atoms in total. The number of halogens is 1. The molecule has 5 rings (SSSR count). The van der Waals surface area contributed by atoms with Crippen LogP contribution in [0.25, 0.3) is 11.0 Å². The number of nitrogens with zero attached hydrogens (tertiary/aromatic N) is 3. The molecule has 2 aliphatic rings. The Bertz CT molecular complexity index is 1140. The highest BCUT2D eigenvalue weighted by Gasteiger charge is 2.48. The van der Waals surface area contributed by atoms with E-state index in [-0.39, 0.29) is 11.8 Å². The molecular formula is C23H24ClN5O2. The Morgan fingerprint density at radius 3 is 2.81 bits per heavy atom. The normalized spacial score (nSPS) is 20.3. The summed E-state index contributed by atoms with van der Waals surface area (Å²) in [5.74, 6) is 0.312. The van der Waals surface area contributed by atoms with E-state index in [9.17, 15) is 9.59 Å². The Morgan fingerprint density at radius 1 is 1.16 bits per heavy atom. The number of H-pyrrole nitrogens is 1. The Balaban J connectivity index is 1.39. The lowest BCUT2D eigenvalue weighted by Crippen LogP contribution is -2.51. The summed E-state index contributed by atoms with van der Waals surface area (Å²) in [5, 5.41) is 10.3. The zero-order valence-corrected chi connectivity index (χ0v) is 17.9. The largest absolute Gasteiger partial charge is 0.330 e. The molecular weight excluding hydrogens is 414 g/mol. The molecule has 0 spiro atoms. The first-order valence-electron chi connectivity index (χ1n) is 10.7. The quantitative estimate of drug-likeness (QED) is 0.644. The van der Waals surface area contributed by atoms with Crippen LogP contribution in [-0.4, -0.2) is 44.5 Å². The van der Waals surface area contributed by atoms with Crippen LogP contribution in [0, 0.1) is 0 Å². The maximum atomic E-state index is 13.9. The SMILES string of the molecule is O=C(Nc1ccc2[nH]ncc2n1)[C@H]1CCCN1C(=O)C1(c2cccc(Cl)c2)CCCC1. The number of carbonyl (C=O) groups is 2. The van der Waals surface area contributed by atoms with Gasteiger partial charge in [0.15, 0.2) is 0 Å². The predicted molar refractivity (Wildman–Crippen MR) is 119 cm³/mol. The van der Waals surface area contributed by atoms with Crippen LogP contribution in [0.2, 0.25) is 5.02 Å². The summed E-state index contributed by atoms with van der Waals surface area (Å²) in [7, 11) is 0. The molecule has 0 unspecified atom stereocenters. The number of hydrogen-bond donors (Lipinski definition) is 2. The molecule has 1 aromatic carbocycles.